The number of fused-ring (bicyclic) bond motifs is 1. The number of aromatic nitrogens is 3. The Kier molecular flexibility index (Phi) is 4.40. The number of thiazole rings is 1. The largest absolute Gasteiger partial charge is 0.296 e. The maximum atomic E-state index is 12.5. The van der Waals surface area contributed by atoms with Crippen molar-refractivity contribution in [2.75, 3.05) is 5.32 Å². The fraction of sp³-hybridized carbons (Fsp3) is 0.0556. The molecule has 0 aliphatic heterocycles. The number of nitrogens with zero attached hydrogens (tertiary/aromatic N) is 2. The summed E-state index contributed by atoms with van der Waals surface area (Å²) in [7, 11) is 0. The minimum absolute atomic E-state index is 0.315. The van der Waals surface area contributed by atoms with Gasteiger partial charge in [0.25, 0.3) is 5.91 Å². The first-order valence-corrected chi connectivity index (χ1v) is 9.26. The molecule has 130 valence electrons. The monoisotopic (exact) mass is 402 g/mol. The summed E-state index contributed by atoms with van der Waals surface area (Å²) in [6.45, 7) is 2.02. The molecule has 2 aromatic heterocycles. The molecule has 2 aromatic carbocycles. The standard InChI is InChI=1S/C18H12Cl2N4OS/c1-9-2-5-13-16(6-9)26-18(21-13)22-17(25)15-8-14(23-24-15)11-4-3-10(19)7-12(11)20/h2-8H,1H3,(H,23,24)(H,21,22,25). The summed E-state index contributed by atoms with van der Waals surface area (Å²) in [5.74, 6) is -0.315. The van der Waals surface area contributed by atoms with Crippen molar-refractivity contribution >= 4 is 55.8 Å². The summed E-state index contributed by atoms with van der Waals surface area (Å²) < 4.78 is 1.03. The molecule has 0 unspecified atom stereocenters. The molecular weight excluding hydrogens is 391 g/mol. The van der Waals surface area contributed by atoms with E-state index in [2.05, 4.69) is 20.5 Å². The summed E-state index contributed by atoms with van der Waals surface area (Å²) in [6.07, 6.45) is 0. The topological polar surface area (TPSA) is 70.7 Å². The van der Waals surface area contributed by atoms with Gasteiger partial charge in [-0.05, 0) is 48.9 Å². The van der Waals surface area contributed by atoms with Crippen LogP contribution in [0.25, 0.3) is 21.5 Å². The molecule has 0 spiro atoms. The predicted octanol–water partition coefficient (Wildman–Crippen LogP) is 5.55. The van der Waals surface area contributed by atoms with Crippen molar-refractivity contribution in [1.82, 2.24) is 15.2 Å². The Morgan fingerprint density at radius 2 is 2.00 bits per heavy atom. The highest BCUT2D eigenvalue weighted by molar-refractivity contribution is 7.22. The number of carbonyl (C=O) groups excluding carboxylic acids is 1. The number of hydrogen-bond acceptors (Lipinski definition) is 4. The van der Waals surface area contributed by atoms with E-state index in [1.807, 2.05) is 25.1 Å². The van der Waals surface area contributed by atoms with Crippen LogP contribution in [0.15, 0.2) is 42.5 Å². The highest BCUT2D eigenvalue weighted by Gasteiger charge is 2.15. The van der Waals surface area contributed by atoms with Crippen LogP contribution in [0.4, 0.5) is 5.13 Å². The van der Waals surface area contributed by atoms with Crippen LogP contribution in [0, 0.1) is 6.92 Å². The quantitative estimate of drug-likeness (QED) is 0.471. The van der Waals surface area contributed by atoms with Crippen molar-refractivity contribution in [1.29, 1.82) is 0 Å². The number of amides is 1. The molecule has 8 heteroatoms. The fourth-order valence-corrected chi connectivity index (χ4v) is 3.99. The molecule has 2 N–H and O–H groups in total. The van der Waals surface area contributed by atoms with Crippen molar-refractivity contribution in [2.45, 2.75) is 6.92 Å². The van der Waals surface area contributed by atoms with E-state index >= 15 is 0 Å². The van der Waals surface area contributed by atoms with Crippen LogP contribution < -0.4 is 5.32 Å². The molecule has 0 aliphatic rings. The van der Waals surface area contributed by atoms with E-state index in [-0.39, 0.29) is 5.91 Å². The molecule has 0 bridgehead atoms. The van der Waals surface area contributed by atoms with E-state index in [1.54, 1.807) is 24.3 Å². The molecule has 0 aliphatic carbocycles. The third-order valence-electron chi connectivity index (χ3n) is 3.79. The molecule has 0 saturated heterocycles. The molecule has 4 aromatic rings. The molecule has 0 radical (unpaired) electrons. The second-order valence-electron chi connectivity index (χ2n) is 5.74. The second kappa shape index (κ2) is 6.72. The van der Waals surface area contributed by atoms with Crippen molar-refractivity contribution in [3.05, 3.63) is 63.8 Å². The molecule has 2 heterocycles. The number of H-pyrrole nitrogens is 1. The number of benzene rings is 2. The van der Waals surface area contributed by atoms with Gasteiger partial charge < -0.3 is 0 Å². The lowest BCUT2D eigenvalue weighted by atomic mass is 10.1. The number of hydrogen-bond donors (Lipinski definition) is 2. The summed E-state index contributed by atoms with van der Waals surface area (Å²) in [5.41, 5.74) is 3.59. The highest BCUT2D eigenvalue weighted by atomic mass is 35.5. The minimum atomic E-state index is -0.315. The summed E-state index contributed by atoms with van der Waals surface area (Å²) in [6, 6.07) is 12.7. The van der Waals surface area contributed by atoms with E-state index in [4.69, 9.17) is 23.2 Å². The van der Waals surface area contributed by atoms with Crippen molar-refractivity contribution in [3.8, 4) is 11.3 Å². The van der Waals surface area contributed by atoms with Crippen LogP contribution in [0.5, 0.6) is 0 Å². The zero-order chi connectivity index (χ0) is 18.3. The molecule has 0 saturated carbocycles. The van der Waals surface area contributed by atoms with E-state index in [0.717, 1.165) is 15.8 Å². The second-order valence-corrected chi connectivity index (χ2v) is 7.61. The smallest absolute Gasteiger partial charge is 0.275 e. The molecule has 0 atom stereocenters. The minimum Gasteiger partial charge on any atom is -0.296 e. The molecule has 26 heavy (non-hydrogen) atoms. The normalized spacial score (nSPS) is 11.0. The first kappa shape index (κ1) is 17.0. The number of rotatable bonds is 3. The predicted molar refractivity (Wildman–Crippen MR) is 106 cm³/mol. The van der Waals surface area contributed by atoms with Crippen LogP contribution >= 0.6 is 34.5 Å². The number of aromatic amines is 1. The number of carbonyl (C=O) groups is 1. The first-order chi connectivity index (χ1) is 12.5. The van der Waals surface area contributed by atoms with Crippen LogP contribution in [0.3, 0.4) is 0 Å². The Morgan fingerprint density at radius 1 is 1.15 bits per heavy atom. The van der Waals surface area contributed by atoms with Gasteiger partial charge in [0.05, 0.1) is 20.9 Å². The van der Waals surface area contributed by atoms with Gasteiger partial charge in [-0.3, -0.25) is 15.2 Å². The van der Waals surface area contributed by atoms with Crippen molar-refractivity contribution in [3.63, 3.8) is 0 Å². The first-order valence-electron chi connectivity index (χ1n) is 7.69. The Balaban J connectivity index is 1.57. The third-order valence-corrected chi connectivity index (χ3v) is 5.28. The van der Waals surface area contributed by atoms with Crippen LogP contribution in [-0.2, 0) is 0 Å². The lowest BCUT2D eigenvalue weighted by Gasteiger charge is -2.00. The zero-order valence-corrected chi connectivity index (χ0v) is 15.8. The van der Waals surface area contributed by atoms with Gasteiger partial charge in [-0.1, -0.05) is 40.6 Å². The molecule has 4 rings (SSSR count). The average molecular weight is 403 g/mol. The van der Waals surface area contributed by atoms with Crippen LogP contribution in [0.2, 0.25) is 10.0 Å². The number of nitrogens with one attached hydrogen (secondary N) is 2. The van der Waals surface area contributed by atoms with Gasteiger partial charge in [-0.2, -0.15) is 5.10 Å². The van der Waals surface area contributed by atoms with Gasteiger partial charge in [0.15, 0.2) is 5.13 Å². The average Bonchev–Trinajstić information content (AvgIpc) is 3.21. The molecule has 0 fully saturated rings. The van der Waals surface area contributed by atoms with Gasteiger partial charge in [0.2, 0.25) is 0 Å². The summed E-state index contributed by atoms with van der Waals surface area (Å²) >= 11 is 13.5. The SMILES string of the molecule is Cc1ccc2nc(NC(=O)c3cc(-c4ccc(Cl)cc4Cl)n[nH]3)sc2c1. The maximum Gasteiger partial charge on any atom is 0.275 e. The highest BCUT2D eigenvalue weighted by Crippen LogP contribution is 2.30. The summed E-state index contributed by atoms with van der Waals surface area (Å²) in [4.78, 5) is 16.9. The lowest BCUT2D eigenvalue weighted by molar-refractivity contribution is 0.102. The number of halogens is 2. The Morgan fingerprint density at radius 3 is 2.81 bits per heavy atom. The Labute approximate surface area is 163 Å². The van der Waals surface area contributed by atoms with Gasteiger partial charge >= 0.3 is 0 Å². The van der Waals surface area contributed by atoms with E-state index < -0.39 is 0 Å². The van der Waals surface area contributed by atoms with Gasteiger partial charge in [-0.25, -0.2) is 4.98 Å². The zero-order valence-electron chi connectivity index (χ0n) is 13.5. The van der Waals surface area contributed by atoms with Gasteiger partial charge in [-0.15, -0.1) is 0 Å². The van der Waals surface area contributed by atoms with Gasteiger partial charge in [0, 0.05) is 10.6 Å². The lowest BCUT2D eigenvalue weighted by Crippen LogP contribution is -2.11. The fourth-order valence-electron chi connectivity index (χ4n) is 2.52. The maximum absolute atomic E-state index is 12.5. The number of aryl methyl sites for hydroxylation is 1. The van der Waals surface area contributed by atoms with Crippen LogP contribution in [0.1, 0.15) is 16.1 Å². The summed E-state index contributed by atoms with van der Waals surface area (Å²) in [5, 5.41) is 11.2. The number of anilines is 1. The van der Waals surface area contributed by atoms with Gasteiger partial charge in [0.1, 0.15) is 5.69 Å². The van der Waals surface area contributed by atoms with Crippen LogP contribution in [-0.4, -0.2) is 21.1 Å². The van der Waals surface area contributed by atoms with E-state index in [0.29, 0.717) is 32.1 Å². The molecule has 5 nitrogen and oxygen atoms in total. The van der Waals surface area contributed by atoms with Crippen molar-refractivity contribution in [2.24, 2.45) is 0 Å². The van der Waals surface area contributed by atoms with E-state index in [1.165, 1.54) is 11.3 Å². The molecule has 1 amide bonds. The van der Waals surface area contributed by atoms with Crippen molar-refractivity contribution < 1.29 is 4.79 Å². The van der Waals surface area contributed by atoms with E-state index in [9.17, 15) is 4.79 Å². The Hall–Kier alpha value is -2.41. The Bertz CT molecular complexity index is 1140. The third kappa shape index (κ3) is 3.31. The molecular formula is C18H12Cl2N4OS.